The minimum atomic E-state index is -4.49. The van der Waals surface area contributed by atoms with Crippen LogP contribution in [0.1, 0.15) is 36.5 Å². The normalized spacial score (nSPS) is 19.7. The van der Waals surface area contributed by atoms with E-state index in [-0.39, 0.29) is 18.1 Å². The molecule has 0 spiro atoms. The Morgan fingerprint density at radius 2 is 1.57 bits per heavy atom. The van der Waals surface area contributed by atoms with Gasteiger partial charge in [-0.3, -0.25) is 4.79 Å². The van der Waals surface area contributed by atoms with Gasteiger partial charge in [0.1, 0.15) is 32.7 Å². The molecule has 1 aliphatic rings. The van der Waals surface area contributed by atoms with Gasteiger partial charge in [0, 0.05) is 5.56 Å². The monoisotopic (exact) mass is 421 g/mol. The maximum Gasteiger partial charge on any atom is 0.418 e. The topological polar surface area (TPSA) is 38.0 Å². The highest BCUT2D eigenvalue weighted by Crippen LogP contribution is 2.34. The highest BCUT2D eigenvalue weighted by molar-refractivity contribution is 5.92. The highest BCUT2D eigenvalue weighted by Gasteiger charge is 2.34. The number of rotatable bonds is 6. The number of para-hydroxylation sites is 1. The quantitative estimate of drug-likeness (QED) is 0.653. The third kappa shape index (κ3) is 6.06. The van der Waals surface area contributed by atoms with E-state index in [1.807, 2.05) is 0 Å². The first kappa shape index (κ1) is 22.3. The van der Waals surface area contributed by atoms with Gasteiger partial charge in [-0.1, -0.05) is 50.2 Å². The first-order valence-electron chi connectivity index (χ1n) is 10.4. The molecule has 1 aliphatic heterocycles. The fourth-order valence-corrected chi connectivity index (χ4v) is 3.88. The smallest absolute Gasteiger partial charge is 0.322 e. The molecule has 1 saturated heterocycles. The van der Waals surface area contributed by atoms with Crippen molar-refractivity contribution < 1.29 is 27.8 Å². The fourth-order valence-electron chi connectivity index (χ4n) is 3.88. The summed E-state index contributed by atoms with van der Waals surface area (Å²) in [6.07, 6.45) is -4.49. The number of anilines is 1. The molecule has 162 valence electrons. The number of carbonyl (C=O) groups is 1. The Labute approximate surface area is 175 Å². The molecule has 30 heavy (non-hydrogen) atoms. The predicted molar refractivity (Wildman–Crippen MR) is 111 cm³/mol. The van der Waals surface area contributed by atoms with Crippen molar-refractivity contribution in [3.8, 4) is 0 Å². The van der Waals surface area contributed by atoms with E-state index in [4.69, 9.17) is 0 Å². The average molecular weight is 422 g/mol. The Balaban J connectivity index is 1.47. The zero-order valence-corrected chi connectivity index (χ0v) is 17.5. The Kier molecular flexibility index (Phi) is 7.15. The highest BCUT2D eigenvalue weighted by atomic mass is 19.4. The summed E-state index contributed by atoms with van der Waals surface area (Å²) in [5.74, 6) is 0.141. The molecule has 2 aromatic carbocycles. The van der Waals surface area contributed by atoms with Gasteiger partial charge in [-0.15, -0.1) is 0 Å². The van der Waals surface area contributed by atoms with E-state index in [1.54, 1.807) is 0 Å². The van der Waals surface area contributed by atoms with Crippen LogP contribution in [-0.4, -0.2) is 38.6 Å². The maximum atomic E-state index is 13.1. The van der Waals surface area contributed by atoms with Crippen LogP contribution in [-0.2, 0) is 17.5 Å². The first-order chi connectivity index (χ1) is 14.2. The van der Waals surface area contributed by atoms with E-state index in [2.05, 4.69) is 43.4 Å². The van der Waals surface area contributed by atoms with E-state index >= 15 is 0 Å². The number of quaternary nitrogens is 2. The maximum absolute atomic E-state index is 13.1. The van der Waals surface area contributed by atoms with Crippen LogP contribution < -0.4 is 15.1 Å². The second kappa shape index (κ2) is 9.62. The van der Waals surface area contributed by atoms with E-state index in [0.717, 1.165) is 43.7 Å². The van der Waals surface area contributed by atoms with Gasteiger partial charge in [0.25, 0.3) is 5.91 Å². The summed E-state index contributed by atoms with van der Waals surface area (Å²) in [4.78, 5) is 14.9. The zero-order valence-electron chi connectivity index (χ0n) is 17.5. The summed E-state index contributed by atoms with van der Waals surface area (Å²) in [5, 5.41) is 2.44. The Morgan fingerprint density at radius 3 is 2.17 bits per heavy atom. The van der Waals surface area contributed by atoms with Crippen LogP contribution in [0.4, 0.5) is 18.9 Å². The van der Waals surface area contributed by atoms with Gasteiger partial charge < -0.3 is 15.1 Å². The molecule has 1 heterocycles. The number of piperazine rings is 1. The van der Waals surface area contributed by atoms with Crippen LogP contribution in [0.5, 0.6) is 0 Å². The predicted octanol–water partition coefficient (Wildman–Crippen LogP) is 1.75. The molecule has 0 atom stereocenters. The minimum absolute atomic E-state index is 0.177. The molecule has 3 N–H and O–H groups in total. The molecule has 0 bridgehead atoms. The van der Waals surface area contributed by atoms with Gasteiger partial charge >= 0.3 is 6.18 Å². The number of hydrogen-bond acceptors (Lipinski definition) is 1. The summed E-state index contributed by atoms with van der Waals surface area (Å²) < 4.78 is 39.2. The van der Waals surface area contributed by atoms with Gasteiger partial charge in [0.05, 0.1) is 11.3 Å². The molecule has 0 radical (unpaired) electrons. The summed E-state index contributed by atoms with van der Waals surface area (Å²) in [6, 6.07) is 13.8. The molecular weight excluding hydrogens is 391 g/mol. The van der Waals surface area contributed by atoms with Crippen LogP contribution in [0, 0.1) is 0 Å². The largest absolute Gasteiger partial charge is 0.418 e. The average Bonchev–Trinajstić information content (AvgIpc) is 2.69. The summed E-state index contributed by atoms with van der Waals surface area (Å²) in [5.41, 5.74) is 1.65. The lowest BCUT2D eigenvalue weighted by molar-refractivity contribution is -1.02. The van der Waals surface area contributed by atoms with Crippen molar-refractivity contribution in [2.75, 3.05) is 38.0 Å². The van der Waals surface area contributed by atoms with Crippen molar-refractivity contribution in [1.82, 2.24) is 0 Å². The van der Waals surface area contributed by atoms with Crippen LogP contribution in [0.15, 0.2) is 48.5 Å². The molecule has 3 rings (SSSR count). The van der Waals surface area contributed by atoms with Crippen LogP contribution >= 0.6 is 0 Å². The van der Waals surface area contributed by atoms with Crippen molar-refractivity contribution in [1.29, 1.82) is 0 Å². The van der Waals surface area contributed by atoms with E-state index in [1.165, 1.54) is 34.2 Å². The number of amides is 1. The van der Waals surface area contributed by atoms with E-state index in [0.29, 0.717) is 5.92 Å². The molecule has 2 aromatic rings. The molecule has 0 unspecified atom stereocenters. The standard InChI is InChI=1S/C23H28F3N3O/c1-17(2)19-9-7-18(8-10-19)15-28-11-13-29(14-12-28)16-22(30)27-21-6-4-3-5-20(21)23(24,25)26/h3-10,17H,11-16H2,1-2H3,(H,27,30)/p+2. The van der Waals surface area contributed by atoms with Crippen molar-refractivity contribution in [3.05, 3.63) is 65.2 Å². The van der Waals surface area contributed by atoms with Crippen LogP contribution in [0.25, 0.3) is 0 Å². The Bertz CT molecular complexity index is 842. The summed E-state index contributed by atoms with van der Waals surface area (Å²) in [6.45, 7) is 9.03. The second-order valence-electron chi connectivity index (χ2n) is 8.34. The van der Waals surface area contributed by atoms with Gasteiger partial charge in [0.15, 0.2) is 6.54 Å². The molecule has 0 aliphatic carbocycles. The first-order valence-corrected chi connectivity index (χ1v) is 10.4. The molecule has 1 fully saturated rings. The van der Waals surface area contributed by atoms with E-state index < -0.39 is 11.7 Å². The SMILES string of the molecule is CC(C)c1ccc(C[NH+]2CC[NH+](CC(=O)Nc3ccccc3C(F)(F)F)CC2)cc1. The van der Waals surface area contributed by atoms with Gasteiger partial charge in [-0.25, -0.2) is 0 Å². The summed E-state index contributed by atoms with van der Waals surface area (Å²) in [7, 11) is 0. The third-order valence-electron chi connectivity index (χ3n) is 5.68. The molecule has 1 amide bonds. The lowest BCUT2D eigenvalue weighted by Gasteiger charge is -2.29. The Hall–Kier alpha value is -2.38. The van der Waals surface area contributed by atoms with Crippen molar-refractivity contribution in [2.45, 2.75) is 32.5 Å². The van der Waals surface area contributed by atoms with Gasteiger partial charge in [0.2, 0.25) is 0 Å². The fraction of sp³-hybridized carbons (Fsp3) is 0.435. The van der Waals surface area contributed by atoms with Gasteiger partial charge in [-0.2, -0.15) is 13.2 Å². The summed E-state index contributed by atoms with van der Waals surface area (Å²) >= 11 is 0. The molecule has 4 nitrogen and oxygen atoms in total. The van der Waals surface area contributed by atoms with Crippen LogP contribution in [0.3, 0.4) is 0 Å². The molecule has 0 aromatic heterocycles. The van der Waals surface area contributed by atoms with Crippen LogP contribution in [0.2, 0.25) is 0 Å². The number of carbonyl (C=O) groups excluding carboxylic acids is 1. The zero-order chi connectivity index (χ0) is 21.7. The number of hydrogen-bond donors (Lipinski definition) is 3. The second-order valence-corrected chi connectivity index (χ2v) is 8.34. The lowest BCUT2D eigenvalue weighted by atomic mass is 10.0. The third-order valence-corrected chi connectivity index (χ3v) is 5.68. The number of benzene rings is 2. The van der Waals surface area contributed by atoms with Crippen molar-refractivity contribution >= 4 is 11.6 Å². The van der Waals surface area contributed by atoms with E-state index in [9.17, 15) is 18.0 Å². The molecule has 7 heteroatoms. The lowest BCUT2D eigenvalue weighted by Crippen LogP contribution is -3.28. The van der Waals surface area contributed by atoms with Gasteiger partial charge in [-0.05, 0) is 23.6 Å². The Morgan fingerprint density at radius 1 is 0.967 bits per heavy atom. The van der Waals surface area contributed by atoms with Crippen molar-refractivity contribution in [2.24, 2.45) is 0 Å². The van der Waals surface area contributed by atoms with Crippen molar-refractivity contribution in [3.63, 3.8) is 0 Å². The molecular formula is C23H30F3N3O+2. The minimum Gasteiger partial charge on any atom is -0.322 e. The number of halogens is 3. The molecule has 0 saturated carbocycles. The number of nitrogens with one attached hydrogen (secondary N) is 3. The number of alkyl halides is 3.